The summed E-state index contributed by atoms with van der Waals surface area (Å²) >= 11 is 0. The van der Waals surface area contributed by atoms with E-state index in [1.807, 2.05) is 13.8 Å². The van der Waals surface area contributed by atoms with Gasteiger partial charge in [-0.05, 0) is 29.7 Å². The molecule has 6 nitrogen and oxygen atoms in total. The van der Waals surface area contributed by atoms with Crippen LogP contribution in [-0.2, 0) is 6.42 Å². The third-order valence-corrected chi connectivity index (χ3v) is 5.62. The number of nitrogens with zero attached hydrogens (tertiary/aromatic N) is 1. The zero-order valence-corrected chi connectivity index (χ0v) is 14.1. The minimum atomic E-state index is -0.376. The normalized spacial score (nSPS) is 27.9. The molecule has 0 bridgehead atoms. The molecule has 0 unspecified atom stereocenters. The molecule has 2 atom stereocenters. The van der Waals surface area contributed by atoms with Gasteiger partial charge >= 0.3 is 0 Å². The minimum absolute atomic E-state index is 0.00837. The average Bonchev–Trinajstić information content (AvgIpc) is 3.05. The van der Waals surface area contributed by atoms with Crippen molar-refractivity contribution in [2.45, 2.75) is 26.7 Å². The Labute approximate surface area is 140 Å². The van der Waals surface area contributed by atoms with Crippen molar-refractivity contribution in [3.8, 4) is 0 Å². The summed E-state index contributed by atoms with van der Waals surface area (Å²) in [5.41, 5.74) is 0.755. The van der Waals surface area contributed by atoms with Gasteiger partial charge in [-0.2, -0.15) is 0 Å². The standard InChI is InChI=1S/C18H23N3O3/c1-18(2)4-14-12(15(22)5-18)3-13(16(23)20-14)17(24)21-8-10-6-19-7-11(10)9-21/h3,10-11,19H,4-9H2,1-2H3,(H,20,23)/t10-,11+. The smallest absolute Gasteiger partial charge is 0.261 e. The van der Waals surface area contributed by atoms with Crippen molar-refractivity contribution in [2.24, 2.45) is 17.3 Å². The quantitative estimate of drug-likeness (QED) is 0.799. The van der Waals surface area contributed by atoms with Gasteiger partial charge in [-0.1, -0.05) is 13.8 Å². The predicted molar refractivity (Wildman–Crippen MR) is 89.2 cm³/mol. The van der Waals surface area contributed by atoms with Crippen LogP contribution in [0, 0.1) is 17.3 Å². The van der Waals surface area contributed by atoms with Crippen LogP contribution >= 0.6 is 0 Å². The molecule has 0 radical (unpaired) electrons. The summed E-state index contributed by atoms with van der Waals surface area (Å²) in [5.74, 6) is 0.723. The molecule has 0 saturated carbocycles. The van der Waals surface area contributed by atoms with E-state index in [2.05, 4.69) is 10.3 Å². The van der Waals surface area contributed by atoms with Gasteiger partial charge in [0.05, 0.1) is 0 Å². The highest BCUT2D eigenvalue weighted by Crippen LogP contribution is 2.34. The van der Waals surface area contributed by atoms with E-state index in [1.165, 1.54) is 6.07 Å². The lowest BCUT2D eigenvalue weighted by atomic mass is 9.75. The largest absolute Gasteiger partial charge is 0.338 e. The van der Waals surface area contributed by atoms with Crippen molar-refractivity contribution in [2.75, 3.05) is 26.2 Å². The van der Waals surface area contributed by atoms with E-state index in [0.717, 1.165) is 13.1 Å². The molecule has 1 aromatic rings. The van der Waals surface area contributed by atoms with Crippen molar-refractivity contribution in [1.82, 2.24) is 15.2 Å². The number of amides is 1. The van der Waals surface area contributed by atoms with Crippen LogP contribution in [-0.4, -0.2) is 47.8 Å². The number of carbonyl (C=O) groups excluding carboxylic acids is 2. The molecule has 2 saturated heterocycles. The van der Waals surface area contributed by atoms with Gasteiger partial charge in [0.1, 0.15) is 5.56 Å². The second kappa shape index (κ2) is 5.28. The lowest BCUT2D eigenvalue weighted by Crippen LogP contribution is -2.37. The third-order valence-electron chi connectivity index (χ3n) is 5.62. The minimum Gasteiger partial charge on any atom is -0.338 e. The number of Topliss-reactive ketones (excluding diaryl/α,β-unsaturated/α-hetero) is 1. The Balaban J connectivity index is 1.65. The number of fused-ring (bicyclic) bond motifs is 2. The Bertz CT molecular complexity index is 768. The van der Waals surface area contributed by atoms with Crippen molar-refractivity contribution in [1.29, 1.82) is 0 Å². The highest BCUT2D eigenvalue weighted by molar-refractivity contribution is 6.02. The number of likely N-dealkylation sites (tertiary alicyclic amines) is 1. The van der Waals surface area contributed by atoms with Gasteiger partial charge in [0.2, 0.25) is 0 Å². The molecule has 128 valence electrons. The molecule has 3 aliphatic rings. The fourth-order valence-corrected chi connectivity index (χ4v) is 4.38. The van der Waals surface area contributed by atoms with Crippen molar-refractivity contribution < 1.29 is 9.59 Å². The van der Waals surface area contributed by atoms with Gasteiger partial charge < -0.3 is 15.2 Å². The first-order valence-electron chi connectivity index (χ1n) is 8.63. The molecule has 3 heterocycles. The number of pyridine rings is 1. The van der Waals surface area contributed by atoms with Gasteiger partial charge in [0.15, 0.2) is 5.78 Å². The van der Waals surface area contributed by atoms with E-state index in [0.29, 0.717) is 49.0 Å². The van der Waals surface area contributed by atoms with Gasteiger partial charge in [0, 0.05) is 43.9 Å². The predicted octanol–water partition coefficient (Wildman–Crippen LogP) is 0.821. The number of hydrogen-bond donors (Lipinski definition) is 2. The van der Waals surface area contributed by atoms with Crippen molar-refractivity contribution >= 4 is 11.7 Å². The van der Waals surface area contributed by atoms with E-state index in [4.69, 9.17) is 0 Å². The zero-order chi connectivity index (χ0) is 17.1. The Morgan fingerprint density at radius 3 is 2.50 bits per heavy atom. The molecule has 4 rings (SSSR count). The van der Waals surface area contributed by atoms with E-state index in [1.54, 1.807) is 4.90 Å². The highest BCUT2D eigenvalue weighted by Gasteiger charge is 2.39. The van der Waals surface area contributed by atoms with Crippen LogP contribution in [0.2, 0.25) is 0 Å². The summed E-state index contributed by atoms with van der Waals surface area (Å²) in [6.45, 7) is 7.28. The zero-order valence-electron chi connectivity index (χ0n) is 14.1. The summed E-state index contributed by atoms with van der Waals surface area (Å²) in [6.07, 6.45) is 1.09. The maximum atomic E-state index is 12.8. The lowest BCUT2D eigenvalue weighted by molar-refractivity contribution is 0.0780. The molecule has 0 spiro atoms. The Hall–Kier alpha value is -1.95. The number of hydrogen-bond acceptors (Lipinski definition) is 4. The van der Waals surface area contributed by atoms with Gasteiger partial charge in [0.25, 0.3) is 11.5 Å². The summed E-state index contributed by atoms with van der Waals surface area (Å²) in [6, 6.07) is 1.53. The Kier molecular flexibility index (Phi) is 3.42. The van der Waals surface area contributed by atoms with Crippen LogP contribution in [0.4, 0.5) is 0 Å². The molecule has 6 heteroatoms. The molecule has 2 N–H and O–H groups in total. The molecular formula is C18H23N3O3. The van der Waals surface area contributed by atoms with Crippen molar-refractivity contribution in [3.05, 3.63) is 33.2 Å². The Morgan fingerprint density at radius 1 is 1.17 bits per heavy atom. The highest BCUT2D eigenvalue weighted by atomic mass is 16.2. The second-order valence-electron chi connectivity index (χ2n) is 8.23. The molecule has 24 heavy (non-hydrogen) atoms. The molecule has 0 aromatic carbocycles. The number of aromatic amines is 1. The number of ketones is 1. The SMILES string of the molecule is CC1(C)CC(=O)c2cc(C(=O)N3C[C@H]4CNC[C@H]4C3)c(=O)[nH]c2C1. The molecule has 1 aromatic heterocycles. The first-order chi connectivity index (χ1) is 11.3. The first-order valence-corrected chi connectivity index (χ1v) is 8.63. The molecule has 2 fully saturated rings. The summed E-state index contributed by atoms with van der Waals surface area (Å²) in [5, 5.41) is 3.34. The third kappa shape index (κ3) is 2.49. The van der Waals surface area contributed by atoms with Crippen LogP contribution in [0.3, 0.4) is 0 Å². The average molecular weight is 329 g/mol. The number of H-pyrrole nitrogens is 1. The van der Waals surface area contributed by atoms with Gasteiger partial charge in [-0.3, -0.25) is 14.4 Å². The van der Waals surface area contributed by atoms with Crippen LogP contribution in [0.25, 0.3) is 0 Å². The van der Waals surface area contributed by atoms with Crippen LogP contribution in [0.15, 0.2) is 10.9 Å². The lowest BCUT2D eigenvalue weighted by Gasteiger charge is -2.30. The maximum absolute atomic E-state index is 12.8. The fourth-order valence-electron chi connectivity index (χ4n) is 4.38. The topological polar surface area (TPSA) is 82.3 Å². The van der Waals surface area contributed by atoms with Crippen LogP contribution in [0.1, 0.15) is 46.7 Å². The molecule has 1 aliphatic carbocycles. The van der Waals surface area contributed by atoms with E-state index >= 15 is 0 Å². The monoisotopic (exact) mass is 329 g/mol. The Morgan fingerprint density at radius 2 is 1.83 bits per heavy atom. The molecule has 2 aliphatic heterocycles. The second-order valence-corrected chi connectivity index (χ2v) is 8.23. The fraction of sp³-hybridized carbons (Fsp3) is 0.611. The summed E-state index contributed by atoms with van der Waals surface area (Å²) in [7, 11) is 0. The van der Waals surface area contributed by atoms with Gasteiger partial charge in [-0.15, -0.1) is 0 Å². The molecule has 1 amide bonds. The number of nitrogens with one attached hydrogen (secondary N) is 2. The maximum Gasteiger partial charge on any atom is 0.261 e. The van der Waals surface area contributed by atoms with Crippen molar-refractivity contribution in [3.63, 3.8) is 0 Å². The van der Waals surface area contributed by atoms with Crippen LogP contribution in [0.5, 0.6) is 0 Å². The number of aromatic nitrogens is 1. The molecular weight excluding hydrogens is 306 g/mol. The van der Waals surface area contributed by atoms with E-state index in [9.17, 15) is 14.4 Å². The number of carbonyl (C=O) groups is 2. The summed E-state index contributed by atoms with van der Waals surface area (Å²) in [4.78, 5) is 42.2. The first kappa shape index (κ1) is 15.6. The van der Waals surface area contributed by atoms with E-state index in [-0.39, 0.29) is 28.2 Å². The number of rotatable bonds is 1. The van der Waals surface area contributed by atoms with Gasteiger partial charge in [-0.25, -0.2) is 0 Å². The van der Waals surface area contributed by atoms with Crippen LogP contribution < -0.4 is 10.9 Å². The summed E-state index contributed by atoms with van der Waals surface area (Å²) < 4.78 is 0. The van der Waals surface area contributed by atoms with E-state index < -0.39 is 0 Å².